The Labute approximate surface area is 82.6 Å². The Kier molecular flexibility index (Phi) is 4.91. The normalized spacial score (nSPS) is 28.3. The van der Waals surface area contributed by atoms with Gasteiger partial charge in [0, 0.05) is 35.4 Å². The Morgan fingerprint density at radius 3 is 2.92 bits per heavy atom. The van der Waals surface area contributed by atoms with Gasteiger partial charge >= 0.3 is 0 Å². The molecule has 1 aliphatic heterocycles. The zero-order valence-electron chi connectivity index (χ0n) is 8.24. The maximum absolute atomic E-state index is 11.2. The Morgan fingerprint density at radius 1 is 1.46 bits per heavy atom. The molecule has 0 amide bonds. The van der Waals surface area contributed by atoms with Crippen molar-refractivity contribution < 1.29 is 9.32 Å². The van der Waals surface area contributed by atoms with Crippen LogP contribution in [0.4, 0.5) is 0 Å². The van der Waals surface area contributed by atoms with Crippen molar-refractivity contribution >= 4 is 10.8 Å². The van der Waals surface area contributed by atoms with Crippen molar-refractivity contribution in [2.24, 2.45) is 0 Å². The SMILES string of the molecule is CC[C@H](O)CN1CCCS(=O)CC1. The number of hydrogen-bond acceptors (Lipinski definition) is 3. The van der Waals surface area contributed by atoms with Crippen LogP contribution >= 0.6 is 0 Å². The monoisotopic (exact) mass is 205 g/mol. The smallest absolute Gasteiger partial charge is 0.0664 e. The van der Waals surface area contributed by atoms with Crippen LogP contribution in [-0.2, 0) is 10.8 Å². The molecular formula is C9H19NO2S. The number of β-amino-alcohol motifs (C(OH)–C–C–N with tert-alkyl or cyclic N) is 1. The first-order valence-electron chi connectivity index (χ1n) is 4.97. The van der Waals surface area contributed by atoms with Crippen LogP contribution in [0.1, 0.15) is 19.8 Å². The van der Waals surface area contributed by atoms with Gasteiger partial charge in [-0.3, -0.25) is 9.11 Å². The van der Waals surface area contributed by atoms with E-state index in [1.807, 2.05) is 6.92 Å². The lowest BCUT2D eigenvalue weighted by molar-refractivity contribution is 0.113. The van der Waals surface area contributed by atoms with Gasteiger partial charge in [0.1, 0.15) is 0 Å². The van der Waals surface area contributed by atoms with Crippen LogP contribution < -0.4 is 0 Å². The predicted octanol–water partition coefficient (Wildman–Crippen LogP) is 0.212. The summed E-state index contributed by atoms with van der Waals surface area (Å²) >= 11 is 0. The highest BCUT2D eigenvalue weighted by Gasteiger charge is 2.14. The largest absolute Gasteiger partial charge is 0.392 e. The topological polar surface area (TPSA) is 40.5 Å². The van der Waals surface area contributed by atoms with E-state index in [1.54, 1.807) is 0 Å². The molecule has 1 heterocycles. The highest BCUT2D eigenvalue weighted by Crippen LogP contribution is 2.03. The summed E-state index contributed by atoms with van der Waals surface area (Å²) in [6, 6.07) is 0. The van der Waals surface area contributed by atoms with Gasteiger partial charge in [0.15, 0.2) is 0 Å². The molecule has 13 heavy (non-hydrogen) atoms. The van der Waals surface area contributed by atoms with Crippen molar-refractivity contribution in [1.29, 1.82) is 0 Å². The van der Waals surface area contributed by atoms with E-state index in [0.717, 1.165) is 44.0 Å². The molecule has 0 aromatic carbocycles. The molecule has 0 radical (unpaired) electrons. The minimum atomic E-state index is -0.618. The third-order valence-corrected chi connectivity index (χ3v) is 3.80. The number of aliphatic hydroxyl groups is 1. The third-order valence-electron chi connectivity index (χ3n) is 2.42. The van der Waals surface area contributed by atoms with Gasteiger partial charge in [-0.2, -0.15) is 0 Å². The molecule has 4 heteroatoms. The van der Waals surface area contributed by atoms with E-state index >= 15 is 0 Å². The highest BCUT2D eigenvalue weighted by atomic mass is 32.2. The van der Waals surface area contributed by atoms with Crippen LogP contribution in [0, 0.1) is 0 Å². The second kappa shape index (κ2) is 5.73. The second-order valence-corrected chi connectivity index (χ2v) is 5.26. The summed E-state index contributed by atoms with van der Waals surface area (Å²) in [7, 11) is -0.618. The van der Waals surface area contributed by atoms with Crippen LogP contribution in [0.2, 0.25) is 0 Å². The van der Waals surface area contributed by atoms with Crippen molar-refractivity contribution in [3.8, 4) is 0 Å². The minimum Gasteiger partial charge on any atom is -0.392 e. The van der Waals surface area contributed by atoms with E-state index in [1.165, 1.54) is 0 Å². The summed E-state index contributed by atoms with van der Waals surface area (Å²) in [5.41, 5.74) is 0. The molecule has 1 N–H and O–H groups in total. The summed E-state index contributed by atoms with van der Waals surface area (Å²) in [6.07, 6.45) is 1.59. The lowest BCUT2D eigenvalue weighted by atomic mass is 10.2. The lowest BCUT2D eigenvalue weighted by Crippen LogP contribution is -2.34. The molecule has 1 fully saturated rings. The van der Waals surface area contributed by atoms with Crippen LogP contribution in [-0.4, -0.2) is 51.5 Å². The Balaban J connectivity index is 2.29. The third kappa shape index (κ3) is 4.20. The molecule has 2 atom stereocenters. The molecule has 78 valence electrons. The van der Waals surface area contributed by atoms with Gasteiger partial charge in [-0.25, -0.2) is 0 Å². The van der Waals surface area contributed by atoms with Gasteiger partial charge in [-0.15, -0.1) is 0 Å². The summed E-state index contributed by atoms with van der Waals surface area (Å²) in [6.45, 7) is 4.60. The molecule has 3 nitrogen and oxygen atoms in total. The zero-order chi connectivity index (χ0) is 9.68. The lowest BCUT2D eigenvalue weighted by Gasteiger charge is -2.21. The maximum Gasteiger partial charge on any atom is 0.0664 e. The van der Waals surface area contributed by atoms with E-state index in [0.29, 0.717) is 0 Å². The maximum atomic E-state index is 11.2. The van der Waals surface area contributed by atoms with E-state index in [4.69, 9.17) is 0 Å². The quantitative estimate of drug-likeness (QED) is 0.716. The van der Waals surface area contributed by atoms with Crippen molar-refractivity contribution in [3.63, 3.8) is 0 Å². The molecule has 1 aliphatic rings. The fraction of sp³-hybridized carbons (Fsp3) is 1.00. The fourth-order valence-electron chi connectivity index (χ4n) is 1.50. The minimum absolute atomic E-state index is 0.216. The van der Waals surface area contributed by atoms with Crippen LogP contribution in [0.5, 0.6) is 0 Å². The summed E-state index contributed by atoms with van der Waals surface area (Å²) in [4.78, 5) is 2.22. The standard InChI is InChI=1S/C9H19NO2S/c1-2-9(11)8-10-4-3-6-13(12)7-5-10/h9,11H,2-8H2,1H3/t9-,13?/m0/s1. The number of nitrogens with zero attached hydrogens (tertiary/aromatic N) is 1. The molecule has 0 saturated carbocycles. The van der Waals surface area contributed by atoms with Crippen LogP contribution in [0.15, 0.2) is 0 Å². The molecule has 0 spiro atoms. The van der Waals surface area contributed by atoms with Gasteiger partial charge in [-0.05, 0) is 19.4 Å². The van der Waals surface area contributed by atoms with Gasteiger partial charge in [-0.1, -0.05) is 6.92 Å². The average molecular weight is 205 g/mol. The van der Waals surface area contributed by atoms with Gasteiger partial charge in [0.05, 0.1) is 6.10 Å². The van der Waals surface area contributed by atoms with Crippen LogP contribution in [0.3, 0.4) is 0 Å². The Bertz CT molecular complexity index is 175. The Hall–Kier alpha value is 0.0700. The second-order valence-electron chi connectivity index (χ2n) is 3.56. The molecule has 0 bridgehead atoms. The zero-order valence-corrected chi connectivity index (χ0v) is 9.05. The van der Waals surface area contributed by atoms with Crippen molar-refractivity contribution in [3.05, 3.63) is 0 Å². The number of aliphatic hydroxyl groups excluding tert-OH is 1. The van der Waals surface area contributed by atoms with E-state index in [-0.39, 0.29) is 6.10 Å². The number of rotatable bonds is 3. The molecule has 0 aromatic heterocycles. The molecule has 0 aromatic rings. The van der Waals surface area contributed by atoms with Crippen molar-refractivity contribution in [2.45, 2.75) is 25.9 Å². The van der Waals surface area contributed by atoms with E-state index in [9.17, 15) is 9.32 Å². The fourth-order valence-corrected chi connectivity index (χ4v) is 2.62. The average Bonchev–Trinajstić information content (AvgIpc) is 2.31. The summed E-state index contributed by atoms with van der Waals surface area (Å²) in [5.74, 6) is 1.61. The number of hydrogen-bond donors (Lipinski definition) is 1. The van der Waals surface area contributed by atoms with E-state index < -0.39 is 10.8 Å². The van der Waals surface area contributed by atoms with Gasteiger partial charge in [0.2, 0.25) is 0 Å². The first-order chi connectivity index (χ1) is 6.22. The predicted molar refractivity (Wildman–Crippen MR) is 55.2 cm³/mol. The molecule has 1 saturated heterocycles. The van der Waals surface area contributed by atoms with Crippen molar-refractivity contribution in [1.82, 2.24) is 4.90 Å². The Morgan fingerprint density at radius 2 is 2.23 bits per heavy atom. The summed E-state index contributed by atoms with van der Waals surface area (Å²) < 4.78 is 11.2. The first kappa shape index (κ1) is 11.1. The van der Waals surface area contributed by atoms with Crippen molar-refractivity contribution in [2.75, 3.05) is 31.1 Å². The molecule has 1 unspecified atom stereocenters. The van der Waals surface area contributed by atoms with Gasteiger partial charge < -0.3 is 5.11 Å². The molecule has 0 aliphatic carbocycles. The highest BCUT2D eigenvalue weighted by molar-refractivity contribution is 7.85. The van der Waals surface area contributed by atoms with Gasteiger partial charge in [0.25, 0.3) is 0 Å². The first-order valence-corrected chi connectivity index (χ1v) is 6.46. The van der Waals surface area contributed by atoms with Crippen LogP contribution in [0.25, 0.3) is 0 Å². The van der Waals surface area contributed by atoms with E-state index in [2.05, 4.69) is 4.90 Å². The molecular weight excluding hydrogens is 186 g/mol. The summed E-state index contributed by atoms with van der Waals surface area (Å²) in [5, 5.41) is 9.45. The molecule has 1 rings (SSSR count).